The molecule has 4 rings (SSSR count). The number of nitrogens with zero attached hydrogens (tertiary/aromatic N) is 3. The quantitative estimate of drug-likeness (QED) is 0.583. The van der Waals surface area contributed by atoms with Gasteiger partial charge in [0.15, 0.2) is 0 Å². The average Bonchev–Trinajstić information content (AvgIpc) is 2.75. The van der Waals surface area contributed by atoms with Crippen LogP contribution in [0.25, 0.3) is 11.1 Å². The molecule has 1 saturated heterocycles. The number of rotatable bonds is 5. The Bertz CT molecular complexity index is 925. The predicted molar refractivity (Wildman–Crippen MR) is 117 cm³/mol. The molecule has 0 radical (unpaired) electrons. The Morgan fingerprint density at radius 1 is 0.929 bits per heavy atom. The molecule has 3 aromatic rings. The molecule has 0 aliphatic carbocycles. The minimum absolute atomic E-state index is 0.427. The fourth-order valence-electron chi connectivity index (χ4n) is 3.90. The summed E-state index contributed by atoms with van der Waals surface area (Å²) in [7, 11) is 0. The number of pyridine rings is 1. The maximum atomic E-state index is 4.79. The standard InChI is InChI=1S/C25H27N3/c1-20-6-2-4-8-24(20)25-9-5-3-7-22(25)19-28-16-12-23(13-17-28)27-18-21-10-14-26-15-11-21/h2-11,14-15,18,23H,12-13,16-17,19H2,1H3. The summed E-state index contributed by atoms with van der Waals surface area (Å²) < 4.78 is 0. The molecule has 0 bridgehead atoms. The number of benzene rings is 2. The number of likely N-dealkylation sites (tertiary alicyclic amines) is 1. The molecule has 0 spiro atoms. The van der Waals surface area contributed by atoms with E-state index in [-0.39, 0.29) is 0 Å². The Morgan fingerprint density at radius 2 is 1.61 bits per heavy atom. The van der Waals surface area contributed by atoms with Crippen LogP contribution in [0.4, 0.5) is 0 Å². The van der Waals surface area contributed by atoms with Crippen LogP contribution in [0.15, 0.2) is 78.0 Å². The van der Waals surface area contributed by atoms with E-state index in [1.807, 2.05) is 30.7 Å². The van der Waals surface area contributed by atoms with Crippen LogP contribution in [0, 0.1) is 6.92 Å². The minimum atomic E-state index is 0.427. The first-order valence-electron chi connectivity index (χ1n) is 10.1. The molecule has 1 aromatic heterocycles. The largest absolute Gasteiger partial charge is 0.299 e. The molecule has 2 heterocycles. The first-order chi connectivity index (χ1) is 13.8. The summed E-state index contributed by atoms with van der Waals surface area (Å²) in [5.41, 5.74) is 6.58. The fourth-order valence-corrected chi connectivity index (χ4v) is 3.90. The maximum absolute atomic E-state index is 4.79. The smallest absolute Gasteiger partial charge is 0.0524 e. The van der Waals surface area contributed by atoms with E-state index >= 15 is 0 Å². The van der Waals surface area contributed by atoms with Gasteiger partial charge in [0.05, 0.1) is 6.04 Å². The zero-order chi connectivity index (χ0) is 19.2. The van der Waals surface area contributed by atoms with E-state index < -0.39 is 0 Å². The minimum Gasteiger partial charge on any atom is -0.299 e. The van der Waals surface area contributed by atoms with Crippen LogP contribution in [-0.4, -0.2) is 35.2 Å². The molecular formula is C25H27N3. The van der Waals surface area contributed by atoms with Gasteiger partial charge in [-0.05, 0) is 59.7 Å². The Hall–Kier alpha value is -2.78. The first-order valence-corrected chi connectivity index (χ1v) is 10.1. The van der Waals surface area contributed by atoms with Gasteiger partial charge in [0.2, 0.25) is 0 Å². The highest BCUT2D eigenvalue weighted by atomic mass is 15.1. The molecule has 3 nitrogen and oxygen atoms in total. The topological polar surface area (TPSA) is 28.5 Å². The molecule has 3 heteroatoms. The molecule has 0 amide bonds. The zero-order valence-electron chi connectivity index (χ0n) is 16.5. The lowest BCUT2D eigenvalue weighted by Gasteiger charge is -2.30. The number of hydrogen-bond donors (Lipinski definition) is 0. The molecule has 0 N–H and O–H groups in total. The molecule has 0 saturated carbocycles. The van der Waals surface area contributed by atoms with Crippen molar-refractivity contribution in [3.05, 3.63) is 89.7 Å². The van der Waals surface area contributed by atoms with Gasteiger partial charge in [0.25, 0.3) is 0 Å². The molecule has 2 aromatic carbocycles. The summed E-state index contributed by atoms with van der Waals surface area (Å²) in [6, 6.07) is 21.9. The van der Waals surface area contributed by atoms with Crippen LogP contribution in [0.3, 0.4) is 0 Å². The van der Waals surface area contributed by atoms with E-state index in [1.165, 1.54) is 22.3 Å². The summed E-state index contributed by atoms with van der Waals surface area (Å²) in [6.07, 6.45) is 7.86. The van der Waals surface area contributed by atoms with Crippen molar-refractivity contribution in [3.63, 3.8) is 0 Å². The fraction of sp³-hybridized carbons (Fsp3) is 0.280. The van der Waals surface area contributed by atoms with E-state index in [0.29, 0.717) is 6.04 Å². The van der Waals surface area contributed by atoms with Crippen molar-refractivity contribution in [2.45, 2.75) is 32.4 Å². The predicted octanol–water partition coefficient (Wildman–Crippen LogP) is 5.14. The van der Waals surface area contributed by atoms with Gasteiger partial charge in [-0.2, -0.15) is 0 Å². The summed E-state index contributed by atoms with van der Waals surface area (Å²) >= 11 is 0. The number of piperidine rings is 1. The van der Waals surface area contributed by atoms with Gasteiger partial charge in [-0.1, -0.05) is 48.5 Å². The second-order valence-corrected chi connectivity index (χ2v) is 7.54. The molecule has 142 valence electrons. The Kier molecular flexibility index (Phi) is 5.93. The molecule has 1 fully saturated rings. The van der Waals surface area contributed by atoms with Gasteiger partial charge in [-0.15, -0.1) is 0 Å². The van der Waals surface area contributed by atoms with E-state index in [9.17, 15) is 0 Å². The van der Waals surface area contributed by atoms with Crippen molar-refractivity contribution in [1.29, 1.82) is 0 Å². The second kappa shape index (κ2) is 8.94. The van der Waals surface area contributed by atoms with E-state index in [4.69, 9.17) is 4.99 Å². The number of aromatic nitrogens is 1. The molecule has 0 unspecified atom stereocenters. The van der Waals surface area contributed by atoms with E-state index in [0.717, 1.165) is 38.0 Å². The van der Waals surface area contributed by atoms with Crippen molar-refractivity contribution < 1.29 is 0 Å². The third-order valence-corrected chi connectivity index (χ3v) is 5.54. The van der Waals surface area contributed by atoms with Gasteiger partial charge in [0, 0.05) is 38.2 Å². The number of aryl methyl sites for hydroxylation is 1. The van der Waals surface area contributed by atoms with Crippen LogP contribution in [0.2, 0.25) is 0 Å². The van der Waals surface area contributed by atoms with Gasteiger partial charge in [-0.25, -0.2) is 0 Å². The molecule has 1 aliphatic rings. The van der Waals surface area contributed by atoms with Gasteiger partial charge in [-0.3, -0.25) is 14.9 Å². The summed E-state index contributed by atoms with van der Waals surface area (Å²) in [5.74, 6) is 0. The molecule has 28 heavy (non-hydrogen) atoms. The SMILES string of the molecule is Cc1ccccc1-c1ccccc1CN1CCC(N=Cc2ccncc2)CC1. The van der Waals surface area contributed by atoms with Crippen LogP contribution in [-0.2, 0) is 6.54 Å². The average molecular weight is 370 g/mol. The van der Waals surface area contributed by atoms with Crippen LogP contribution >= 0.6 is 0 Å². The van der Waals surface area contributed by atoms with Crippen molar-refractivity contribution >= 4 is 6.21 Å². The summed E-state index contributed by atoms with van der Waals surface area (Å²) in [4.78, 5) is 11.4. The number of aliphatic imine (C=N–C) groups is 1. The van der Waals surface area contributed by atoms with Crippen LogP contribution < -0.4 is 0 Å². The van der Waals surface area contributed by atoms with Crippen LogP contribution in [0.1, 0.15) is 29.5 Å². The molecule has 1 aliphatic heterocycles. The van der Waals surface area contributed by atoms with Crippen molar-refractivity contribution in [2.24, 2.45) is 4.99 Å². The number of hydrogen-bond acceptors (Lipinski definition) is 3. The second-order valence-electron chi connectivity index (χ2n) is 7.54. The lowest BCUT2D eigenvalue weighted by atomic mass is 9.95. The summed E-state index contributed by atoms with van der Waals surface area (Å²) in [6.45, 7) is 5.39. The van der Waals surface area contributed by atoms with Crippen molar-refractivity contribution in [3.8, 4) is 11.1 Å². The zero-order valence-corrected chi connectivity index (χ0v) is 16.5. The maximum Gasteiger partial charge on any atom is 0.0524 e. The first kappa shape index (κ1) is 18.6. The van der Waals surface area contributed by atoms with E-state index in [2.05, 4.69) is 65.3 Å². The third kappa shape index (κ3) is 4.55. The third-order valence-electron chi connectivity index (χ3n) is 5.54. The lowest BCUT2D eigenvalue weighted by Crippen LogP contribution is -2.35. The van der Waals surface area contributed by atoms with E-state index in [1.54, 1.807) is 0 Å². The Morgan fingerprint density at radius 3 is 2.36 bits per heavy atom. The highest BCUT2D eigenvalue weighted by Crippen LogP contribution is 2.28. The lowest BCUT2D eigenvalue weighted by molar-refractivity contribution is 0.207. The Labute approximate surface area is 167 Å². The van der Waals surface area contributed by atoms with Crippen molar-refractivity contribution in [2.75, 3.05) is 13.1 Å². The Balaban J connectivity index is 1.39. The highest BCUT2D eigenvalue weighted by molar-refractivity contribution is 5.79. The van der Waals surface area contributed by atoms with Crippen molar-refractivity contribution in [1.82, 2.24) is 9.88 Å². The normalized spacial score (nSPS) is 15.9. The summed E-state index contributed by atoms with van der Waals surface area (Å²) in [5, 5.41) is 0. The molecular weight excluding hydrogens is 342 g/mol. The van der Waals surface area contributed by atoms with Crippen LogP contribution in [0.5, 0.6) is 0 Å². The van der Waals surface area contributed by atoms with Gasteiger partial charge >= 0.3 is 0 Å². The molecule has 0 atom stereocenters. The van der Waals surface area contributed by atoms with Gasteiger partial charge in [0.1, 0.15) is 0 Å². The highest BCUT2D eigenvalue weighted by Gasteiger charge is 2.19. The monoisotopic (exact) mass is 369 g/mol. The van der Waals surface area contributed by atoms with Gasteiger partial charge < -0.3 is 0 Å².